The molecule has 1 aromatic heterocycles. The molecule has 108 valence electrons. The third-order valence-corrected chi connectivity index (χ3v) is 6.23. The SMILES string of the molecule is Cn1cccc(C(N)C2C3CC4CC(C3)CC2C4)c1=O. The van der Waals surface area contributed by atoms with Crippen LogP contribution in [0.15, 0.2) is 23.1 Å². The van der Waals surface area contributed by atoms with Gasteiger partial charge in [0.15, 0.2) is 0 Å². The lowest BCUT2D eigenvalue weighted by Gasteiger charge is -2.56. The summed E-state index contributed by atoms with van der Waals surface area (Å²) in [5, 5.41) is 0. The number of aryl methyl sites for hydroxylation is 1. The minimum Gasteiger partial charge on any atom is -0.324 e. The molecule has 5 rings (SSSR count). The molecule has 0 spiro atoms. The highest BCUT2D eigenvalue weighted by molar-refractivity contribution is 5.18. The van der Waals surface area contributed by atoms with Gasteiger partial charge in [-0.15, -0.1) is 0 Å². The number of nitrogens with zero attached hydrogens (tertiary/aromatic N) is 1. The number of rotatable bonds is 2. The summed E-state index contributed by atoms with van der Waals surface area (Å²) in [6, 6.07) is 3.83. The summed E-state index contributed by atoms with van der Waals surface area (Å²) in [5.74, 6) is 3.99. The smallest absolute Gasteiger partial charge is 0.255 e. The average Bonchev–Trinajstić information content (AvgIpc) is 2.40. The van der Waals surface area contributed by atoms with E-state index in [2.05, 4.69) is 0 Å². The first-order valence-corrected chi connectivity index (χ1v) is 8.04. The summed E-state index contributed by atoms with van der Waals surface area (Å²) in [6.45, 7) is 0. The monoisotopic (exact) mass is 272 g/mol. The molecular formula is C17H24N2O. The van der Waals surface area contributed by atoms with Gasteiger partial charge in [0, 0.05) is 24.8 Å². The van der Waals surface area contributed by atoms with Crippen molar-refractivity contribution in [2.75, 3.05) is 0 Å². The Morgan fingerprint density at radius 2 is 1.75 bits per heavy atom. The van der Waals surface area contributed by atoms with Crippen LogP contribution in [0.4, 0.5) is 0 Å². The second-order valence-electron chi connectivity index (χ2n) is 7.41. The molecule has 3 heteroatoms. The molecule has 20 heavy (non-hydrogen) atoms. The lowest BCUT2D eigenvalue weighted by atomic mass is 9.50. The average molecular weight is 272 g/mol. The van der Waals surface area contributed by atoms with Gasteiger partial charge in [-0.1, -0.05) is 6.07 Å². The van der Waals surface area contributed by atoms with Gasteiger partial charge in [-0.05, 0) is 67.8 Å². The molecule has 0 aliphatic heterocycles. The van der Waals surface area contributed by atoms with Crippen LogP contribution in [0, 0.1) is 29.6 Å². The number of hydrogen-bond acceptors (Lipinski definition) is 2. The van der Waals surface area contributed by atoms with Crippen molar-refractivity contribution >= 4 is 0 Å². The van der Waals surface area contributed by atoms with E-state index in [9.17, 15) is 4.79 Å². The molecule has 4 bridgehead atoms. The second kappa shape index (κ2) is 4.45. The van der Waals surface area contributed by atoms with Crippen molar-refractivity contribution < 1.29 is 0 Å². The predicted octanol–water partition coefficient (Wildman–Crippen LogP) is 2.46. The van der Waals surface area contributed by atoms with E-state index in [0.29, 0.717) is 5.92 Å². The van der Waals surface area contributed by atoms with Crippen LogP contribution in [-0.2, 0) is 7.05 Å². The summed E-state index contributed by atoms with van der Waals surface area (Å²) in [5.41, 5.74) is 7.49. The Morgan fingerprint density at radius 3 is 2.35 bits per heavy atom. The summed E-state index contributed by atoms with van der Waals surface area (Å²) < 4.78 is 1.66. The normalized spacial score (nSPS) is 40.0. The Hall–Kier alpha value is -1.09. The van der Waals surface area contributed by atoms with Crippen molar-refractivity contribution in [1.82, 2.24) is 4.57 Å². The molecule has 0 amide bonds. The molecule has 1 heterocycles. The molecule has 4 aliphatic carbocycles. The predicted molar refractivity (Wildman–Crippen MR) is 79.1 cm³/mol. The van der Waals surface area contributed by atoms with Gasteiger partial charge < -0.3 is 10.3 Å². The van der Waals surface area contributed by atoms with Gasteiger partial charge in [0.1, 0.15) is 0 Å². The Kier molecular flexibility index (Phi) is 2.81. The maximum Gasteiger partial charge on any atom is 0.255 e. The number of aromatic nitrogens is 1. The van der Waals surface area contributed by atoms with Gasteiger partial charge in [0.2, 0.25) is 0 Å². The van der Waals surface area contributed by atoms with E-state index in [1.165, 1.54) is 32.1 Å². The van der Waals surface area contributed by atoms with Crippen LogP contribution in [0.5, 0.6) is 0 Å². The highest BCUT2D eigenvalue weighted by Crippen LogP contribution is 2.58. The first-order chi connectivity index (χ1) is 9.63. The van der Waals surface area contributed by atoms with Crippen LogP contribution in [0.2, 0.25) is 0 Å². The highest BCUT2D eigenvalue weighted by Gasteiger charge is 2.50. The zero-order chi connectivity index (χ0) is 13.9. The van der Waals surface area contributed by atoms with Crippen LogP contribution in [0.1, 0.15) is 43.7 Å². The van der Waals surface area contributed by atoms with Gasteiger partial charge in [0.25, 0.3) is 5.56 Å². The first-order valence-electron chi connectivity index (χ1n) is 8.04. The van der Waals surface area contributed by atoms with Crippen molar-refractivity contribution in [2.24, 2.45) is 42.4 Å². The third-order valence-electron chi connectivity index (χ3n) is 6.23. The number of hydrogen-bond donors (Lipinski definition) is 1. The molecule has 3 nitrogen and oxygen atoms in total. The van der Waals surface area contributed by atoms with Crippen LogP contribution in [0.3, 0.4) is 0 Å². The molecular weight excluding hydrogens is 248 g/mol. The van der Waals surface area contributed by atoms with Gasteiger partial charge in [-0.3, -0.25) is 4.79 Å². The molecule has 1 aromatic rings. The topological polar surface area (TPSA) is 48.0 Å². The number of nitrogens with two attached hydrogens (primary N) is 1. The van der Waals surface area contributed by atoms with Crippen molar-refractivity contribution in [1.29, 1.82) is 0 Å². The van der Waals surface area contributed by atoms with E-state index < -0.39 is 0 Å². The molecule has 2 N–H and O–H groups in total. The quantitative estimate of drug-likeness (QED) is 0.899. The van der Waals surface area contributed by atoms with E-state index in [1.807, 2.05) is 25.4 Å². The molecule has 1 unspecified atom stereocenters. The van der Waals surface area contributed by atoms with Crippen molar-refractivity contribution in [3.63, 3.8) is 0 Å². The van der Waals surface area contributed by atoms with Crippen molar-refractivity contribution in [2.45, 2.75) is 38.1 Å². The van der Waals surface area contributed by atoms with Crippen molar-refractivity contribution in [3.05, 3.63) is 34.2 Å². The summed E-state index contributed by atoms with van der Waals surface area (Å²) in [4.78, 5) is 12.3. The minimum atomic E-state index is -0.0649. The maximum atomic E-state index is 12.3. The lowest BCUT2D eigenvalue weighted by molar-refractivity contribution is -0.0473. The first kappa shape index (κ1) is 12.6. The second-order valence-corrected chi connectivity index (χ2v) is 7.41. The largest absolute Gasteiger partial charge is 0.324 e. The fourth-order valence-electron chi connectivity index (χ4n) is 5.63. The highest BCUT2D eigenvalue weighted by atomic mass is 16.1. The minimum absolute atomic E-state index is 0.0649. The Labute approximate surface area is 120 Å². The van der Waals surface area contributed by atoms with E-state index in [1.54, 1.807) is 4.57 Å². The number of pyridine rings is 1. The summed E-state index contributed by atoms with van der Waals surface area (Å²) >= 11 is 0. The van der Waals surface area contributed by atoms with Crippen LogP contribution >= 0.6 is 0 Å². The molecule has 4 saturated carbocycles. The Morgan fingerprint density at radius 1 is 1.15 bits per heavy atom. The molecule has 0 radical (unpaired) electrons. The fourth-order valence-corrected chi connectivity index (χ4v) is 5.63. The van der Waals surface area contributed by atoms with Gasteiger partial charge in [-0.25, -0.2) is 0 Å². The van der Waals surface area contributed by atoms with Crippen LogP contribution in [0.25, 0.3) is 0 Å². The third kappa shape index (κ3) is 1.79. The summed E-state index contributed by atoms with van der Waals surface area (Å²) in [7, 11) is 1.81. The standard InChI is InChI=1S/C17H24N2O/c1-19-4-2-3-14(17(19)20)16(18)15-12-6-10-5-11(8-12)9-13(15)7-10/h2-4,10-13,15-16H,5-9,18H2,1H3. The van der Waals surface area contributed by atoms with Crippen LogP contribution < -0.4 is 11.3 Å². The zero-order valence-corrected chi connectivity index (χ0v) is 12.2. The Balaban J connectivity index is 1.67. The van der Waals surface area contributed by atoms with E-state index in [-0.39, 0.29) is 11.6 Å². The molecule has 4 fully saturated rings. The maximum absolute atomic E-state index is 12.3. The van der Waals surface area contributed by atoms with Crippen LogP contribution in [-0.4, -0.2) is 4.57 Å². The van der Waals surface area contributed by atoms with Gasteiger partial charge in [-0.2, -0.15) is 0 Å². The molecule has 1 atom stereocenters. The molecule has 0 saturated heterocycles. The lowest BCUT2D eigenvalue weighted by Crippen LogP contribution is -2.49. The molecule has 0 aromatic carbocycles. The fraction of sp³-hybridized carbons (Fsp3) is 0.706. The molecule has 4 aliphatic rings. The Bertz CT molecular complexity index is 549. The summed E-state index contributed by atoms with van der Waals surface area (Å²) in [6.07, 6.45) is 8.71. The van der Waals surface area contributed by atoms with E-state index in [4.69, 9.17) is 5.73 Å². The van der Waals surface area contributed by atoms with Gasteiger partial charge >= 0.3 is 0 Å². The van der Waals surface area contributed by atoms with E-state index in [0.717, 1.165) is 29.2 Å². The van der Waals surface area contributed by atoms with E-state index >= 15 is 0 Å². The zero-order valence-electron chi connectivity index (χ0n) is 12.2. The van der Waals surface area contributed by atoms with Crippen molar-refractivity contribution in [3.8, 4) is 0 Å². The van der Waals surface area contributed by atoms with Gasteiger partial charge in [0.05, 0.1) is 0 Å².